The maximum Gasteiger partial charge on any atom is 0.119 e. The van der Waals surface area contributed by atoms with Gasteiger partial charge in [-0.3, -0.25) is 0 Å². The third-order valence-corrected chi connectivity index (χ3v) is 5.24. The van der Waals surface area contributed by atoms with Gasteiger partial charge in [-0.25, -0.2) is 0 Å². The van der Waals surface area contributed by atoms with Crippen molar-refractivity contribution in [2.24, 2.45) is 0 Å². The Labute approximate surface area is 160 Å². The molecule has 0 aliphatic heterocycles. The Bertz CT molecular complexity index is 809. The molecule has 0 fully saturated rings. The zero-order valence-corrected chi connectivity index (χ0v) is 16.1. The molecule has 1 aliphatic carbocycles. The van der Waals surface area contributed by atoms with Crippen molar-refractivity contribution in [3.8, 4) is 16.9 Å². The predicted molar refractivity (Wildman–Crippen MR) is 107 cm³/mol. The lowest BCUT2D eigenvalue weighted by Gasteiger charge is -2.19. The fourth-order valence-corrected chi connectivity index (χ4v) is 3.59. The maximum atomic E-state index is 6.45. The van der Waals surface area contributed by atoms with Crippen LogP contribution in [-0.2, 0) is 0 Å². The molecule has 1 radical (unpaired) electrons. The number of rotatable bonds is 3. The molecular weight excluding hydrogens is 442 g/mol. The van der Waals surface area contributed by atoms with Gasteiger partial charge < -0.3 is 4.74 Å². The molecule has 2 aromatic carbocycles. The second kappa shape index (κ2) is 7.29. The molecule has 117 valence electrons. The number of hydrogen-bond acceptors (Lipinski definition) is 1. The standard InChI is InChI=1S/C19H14Cl2IO/c1-23-14-8-9-15(16-6-3-7-18(20)19(16)21)17(11-14)12-4-2-5-13(22)10-12/h2,4-11H,3H2,1H3. The largest absolute Gasteiger partial charge is 0.497 e. The summed E-state index contributed by atoms with van der Waals surface area (Å²) in [6.07, 6.45) is 4.80. The van der Waals surface area contributed by atoms with Crippen LogP contribution in [0.3, 0.4) is 0 Å². The van der Waals surface area contributed by atoms with Crippen molar-refractivity contribution in [3.63, 3.8) is 0 Å². The minimum Gasteiger partial charge on any atom is -0.497 e. The lowest BCUT2D eigenvalue weighted by molar-refractivity contribution is 0.415. The van der Waals surface area contributed by atoms with Crippen LogP contribution in [0.25, 0.3) is 16.7 Å². The number of methoxy groups -OCH3 is 1. The molecule has 0 atom stereocenters. The molecule has 1 nitrogen and oxygen atoms in total. The van der Waals surface area contributed by atoms with Gasteiger partial charge in [0, 0.05) is 3.57 Å². The fourth-order valence-electron chi connectivity index (χ4n) is 2.60. The summed E-state index contributed by atoms with van der Waals surface area (Å²) in [7, 11) is 1.67. The first-order chi connectivity index (χ1) is 11.1. The van der Waals surface area contributed by atoms with E-state index in [1.165, 1.54) is 3.57 Å². The Balaban J connectivity index is 2.22. The summed E-state index contributed by atoms with van der Waals surface area (Å²) >= 11 is 15.0. The maximum absolute atomic E-state index is 6.45. The summed E-state index contributed by atoms with van der Waals surface area (Å²) in [6, 6.07) is 14.4. The highest BCUT2D eigenvalue weighted by molar-refractivity contribution is 14.1. The summed E-state index contributed by atoms with van der Waals surface area (Å²) in [4.78, 5) is 0. The molecule has 0 heterocycles. The molecule has 0 aromatic heterocycles. The van der Waals surface area contributed by atoms with Gasteiger partial charge in [0.25, 0.3) is 0 Å². The van der Waals surface area contributed by atoms with E-state index >= 15 is 0 Å². The number of allylic oxidation sites excluding steroid dienone is 4. The first-order valence-corrected chi connectivity index (χ1v) is 8.97. The van der Waals surface area contributed by atoms with Crippen molar-refractivity contribution in [3.05, 3.63) is 74.2 Å². The van der Waals surface area contributed by atoms with E-state index in [2.05, 4.69) is 47.2 Å². The Morgan fingerprint density at radius 1 is 1.04 bits per heavy atom. The Morgan fingerprint density at radius 3 is 2.61 bits per heavy atom. The molecule has 1 aliphatic rings. The number of halogens is 3. The first-order valence-electron chi connectivity index (χ1n) is 7.13. The van der Waals surface area contributed by atoms with Gasteiger partial charge in [-0.15, -0.1) is 0 Å². The highest BCUT2D eigenvalue weighted by Gasteiger charge is 2.18. The van der Waals surface area contributed by atoms with Crippen molar-refractivity contribution in [1.29, 1.82) is 0 Å². The van der Waals surface area contributed by atoms with E-state index in [0.29, 0.717) is 10.1 Å². The lowest BCUT2D eigenvalue weighted by Crippen LogP contribution is -1.98. The third-order valence-electron chi connectivity index (χ3n) is 3.72. The molecule has 0 spiro atoms. The highest BCUT2D eigenvalue weighted by atomic mass is 127. The van der Waals surface area contributed by atoms with Crippen molar-refractivity contribution < 1.29 is 4.74 Å². The first kappa shape index (κ1) is 16.9. The van der Waals surface area contributed by atoms with Crippen molar-refractivity contribution in [1.82, 2.24) is 0 Å². The molecule has 0 amide bonds. The molecule has 0 saturated heterocycles. The van der Waals surface area contributed by atoms with E-state index in [0.717, 1.165) is 34.4 Å². The van der Waals surface area contributed by atoms with Crippen LogP contribution in [0.4, 0.5) is 0 Å². The van der Waals surface area contributed by atoms with Crippen LogP contribution in [0.1, 0.15) is 12.0 Å². The zero-order valence-electron chi connectivity index (χ0n) is 12.4. The average molecular weight is 456 g/mol. The summed E-state index contributed by atoms with van der Waals surface area (Å²) in [6.45, 7) is 0. The summed E-state index contributed by atoms with van der Waals surface area (Å²) < 4.78 is 6.58. The van der Waals surface area contributed by atoms with Crippen LogP contribution in [-0.4, -0.2) is 7.11 Å². The molecule has 0 saturated carbocycles. The Morgan fingerprint density at radius 2 is 1.87 bits per heavy atom. The van der Waals surface area contributed by atoms with E-state index in [1.807, 2.05) is 30.3 Å². The van der Waals surface area contributed by atoms with E-state index in [9.17, 15) is 0 Å². The normalized spacial score (nSPS) is 14.7. The summed E-state index contributed by atoms with van der Waals surface area (Å²) in [5.41, 5.74) is 4.24. The topological polar surface area (TPSA) is 9.23 Å². The molecule has 0 unspecified atom stereocenters. The fraction of sp³-hybridized carbons (Fsp3) is 0.105. The average Bonchev–Trinajstić information content (AvgIpc) is 2.57. The molecular formula is C19H14Cl2IO. The molecule has 2 aromatic rings. The smallest absolute Gasteiger partial charge is 0.119 e. The van der Waals surface area contributed by atoms with Gasteiger partial charge in [0.1, 0.15) is 5.75 Å². The number of hydrogen-bond donors (Lipinski definition) is 0. The van der Waals surface area contributed by atoms with Crippen molar-refractivity contribution >= 4 is 51.4 Å². The summed E-state index contributed by atoms with van der Waals surface area (Å²) in [5.74, 6) is 0.816. The van der Waals surface area contributed by atoms with Crippen molar-refractivity contribution in [2.45, 2.75) is 6.42 Å². The SMILES string of the molecule is COc1ccc(C2=C(Cl)C(Cl)=CC[CH]2)c(-c2cccc(I)c2)c1. The van der Waals surface area contributed by atoms with Crippen LogP contribution < -0.4 is 4.74 Å². The van der Waals surface area contributed by atoms with Crippen molar-refractivity contribution in [2.75, 3.05) is 7.11 Å². The minimum atomic E-state index is 0.593. The van der Waals surface area contributed by atoms with E-state index in [4.69, 9.17) is 27.9 Å². The van der Waals surface area contributed by atoms with E-state index in [1.54, 1.807) is 7.11 Å². The van der Waals surface area contributed by atoms with Crippen LogP contribution in [0.5, 0.6) is 5.75 Å². The van der Waals surface area contributed by atoms with Crippen LogP contribution in [0, 0.1) is 9.99 Å². The Hall–Kier alpha value is -0.970. The third kappa shape index (κ3) is 3.59. The number of benzene rings is 2. The monoisotopic (exact) mass is 455 g/mol. The minimum absolute atomic E-state index is 0.593. The Kier molecular flexibility index (Phi) is 5.34. The van der Waals surface area contributed by atoms with Crippen LogP contribution in [0.15, 0.2) is 58.6 Å². The quantitative estimate of drug-likeness (QED) is 0.471. The predicted octanol–water partition coefficient (Wildman–Crippen LogP) is 6.65. The molecule has 0 N–H and O–H groups in total. The molecule has 23 heavy (non-hydrogen) atoms. The lowest BCUT2D eigenvalue weighted by atomic mass is 9.90. The molecule has 4 heteroatoms. The van der Waals surface area contributed by atoms with Gasteiger partial charge in [-0.1, -0.05) is 47.5 Å². The van der Waals surface area contributed by atoms with Crippen LogP contribution >= 0.6 is 45.8 Å². The van der Waals surface area contributed by atoms with E-state index in [-0.39, 0.29) is 0 Å². The van der Waals surface area contributed by atoms with Gasteiger partial charge in [0.15, 0.2) is 0 Å². The number of ether oxygens (including phenoxy) is 1. The van der Waals surface area contributed by atoms with Gasteiger partial charge in [0.05, 0.1) is 17.2 Å². The molecule has 3 rings (SSSR count). The van der Waals surface area contributed by atoms with Gasteiger partial charge in [-0.05, 0) is 82.0 Å². The second-order valence-corrected chi connectivity index (χ2v) is 7.17. The van der Waals surface area contributed by atoms with Gasteiger partial charge in [0.2, 0.25) is 0 Å². The van der Waals surface area contributed by atoms with Crippen LogP contribution in [0.2, 0.25) is 0 Å². The van der Waals surface area contributed by atoms with Gasteiger partial charge in [-0.2, -0.15) is 0 Å². The second-order valence-electron chi connectivity index (χ2n) is 5.14. The zero-order chi connectivity index (χ0) is 16.4. The summed E-state index contributed by atoms with van der Waals surface area (Å²) in [5, 5.41) is 1.20. The van der Waals surface area contributed by atoms with Gasteiger partial charge >= 0.3 is 0 Å². The van der Waals surface area contributed by atoms with E-state index < -0.39 is 0 Å². The highest BCUT2D eigenvalue weighted by Crippen LogP contribution is 2.41. The molecule has 0 bridgehead atoms.